The number of carbonyl (C=O) groups excluding carboxylic acids is 1. The number of ketones is 1. The van der Waals surface area contributed by atoms with Crippen molar-refractivity contribution in [1.29, 1.82) is 0 Å². The number of likely N-dealkylation sites (N-methyl/N-ethyl adjacent to an activating group) is 1. The van der Waals surface area contributed by atoms with Gasteiger partial charge in [-0.3, -0.25) is 14.7 Å². The van der Waals surface area contributed by atoms with Crippen LogP contribution in [0.4, 0.5) is 0 Å². The van der Waals surface area contributed by atoms with Gasteiger partial charge >= 0.3 is 5.76 Å². The first kappa shape index (κ1) is 15.8. The number of hydrogen-bond acceptors (Lipinski definition) is 5. The molecule has 2 heterocycles. The number of nitrogens with one attached hydrogen (secondary N) is 1. The topological polar surface area (TPSA) is 69.6 Å². The summed E-state index contributed by atoms with van der Waals surface area (Å²) in [6.07, 6.45) is 0. The molecule has 0 unspecified atom stereocenters. The van der Waals surface area contributed by atoms with Crippen molar-refractivity contribution in [3.63, 3.8) is 0 Å². The zero-order valence-corrected chi connectivity index (χ0v) is 12.6. The fourth-order valence-electron chi connectivity index (χ4n) is 2.42. The van der Waals surface area contributed by atoms with Gasteiger partial charge in [0.25, 0.3) is 0 Å². The maximum atomic E-state index is 12.3. The minimum Gasteiger partial charge on any atom is -0.408 e. The van der Waals surface area contributed by atoms with Crippen molar-refractivity contribution in [2.75, 3.05) is 39.8 Å². The highest BCUT2D eigenvalue weighted by molar-refractivity contribution is 5.99. The highest BCUT2D eigenvalue weighted by Gasteiger charge is 2.18. The lowest BCUT2D eigenvalue weighted by Gasteiger charge is -2.31. The van der Waals surface area contributed by atoms with Crippen LogP contribution in [0.3, 0.4) is 0 Å². The second-order valence-corrected chi connectivity index (χ2v) is 5.23. The maximum Gasteiger partial charge on any atom is 0.417 e. The average molecular weight is 312 g/mol. The van der Waals surface area contributed by atoms with Crippen molar-refractivity contribution in [2.45, 2.75) is 0 Å². The molecule has 0 amide bonds. The zero-order valence-electron chi connectivity index (χ0n) is 11.8. The maximum absolute atomic E-state index is 12.3. The number of benzene rings is 1. The van der Waals surface area contributed by atoms with Crippen LogP contribution in [0.2, 0.25) is 0 Å². The van der Waals surface area contributed by atoms with Gasteiger partial charge < -0.3 is 9.32 Å². The number of oxazole rings is 1. The first-order valence-electron chi connectivity index (χ1n) is 6.69. The molecule has 1 fully saturated rings. The fourth-order valence-corrected chi connectivity index (χ4v) is 2.42. The summed E-state index contributed by atoms with van der Waals surface area (Å²) in [6, 6.07) is 5.06. The Balaban J connectivity index is 0.00000161. The van der Waals surface area contributed by atoms with E-state index in [-0.39, 0.29) is 18.2 Å². The highest BCUT2D eigenvalue weighted by atomic mass is 35.5. The molecule has 1 saturated heterocycles. The van der Waals surface area contributed by atoms with Crippen molar-refractivity contribution in [2.24, 2.45) is 0 Å². The average Bonchev–Trinajstić information content (AvgIpc) is 2.80. The largest absolute Gasteiger partial charge is 0.417 e. The summed E-state index contributed by atoms with van der Waals surface area (Å²) in [4.78, 5) is 30.3. The molecular formula is C14H18ClN3O3. The van der Waals surface area contributed by atoms with Gasteiger partial charge in [0.05, 0.1) is 12.1 Å². The van der Waals surface area contributed by atoms with Crippen molar-refractivity contribution in [3.8, 4) is 0 Å². The minimum absolute atomic E-state index is 0. The van der Waals surface area contributed by atoms with Crippen LogP contribution in [-0.4, -0.2) is 60.3 Å². The van der Waals surface area contributed by atoms with E-state index in [1.165, 1.54) is 0 Å². The molecule has 0 aliphatic carbocycles. The van der Waals surface area contributed by atoms with Gasteiger partial charge in [0, 0.05) is 31.7 Å². The van der Waals surface area contributed by atoms with Crippen LogP contribution in [0.5, 0.6) is 0 Å². The monoisotopic (exact) mass is 311 g/mol. The second-order valence-electron chi connectivity index (χ2n) is 5.23. The molecule has 0 spiro atoms. The molecular weight excluding hydrogens is 294 g/mol. The van der Waals surface area contributed by atoms with Gasteiger partial charge in [-0.1, -0.05) is 0 Å². The number of piperazine rings is 1. The van der Waals surface area contributed by atoms with Crippen LogP contribution in [0.1, 0.15) is 10.4 Å². The van der Waals surface area contributed by atoms with Crippen LogP contribution in [0.25, 0.3) is 11.1 Å². The molecule has 21 heavy (non-hydrogen) atoms. The molecule has 2 aromatic rings. The van der Waals surface area contributed by atoms with Crippen LogP contribution < -0.4 is 5.76 Å². The number of aromatic nitrogens is 1. The van der Waals surface area contributed by atoms with E-state index in [2.05, 4.69) is 21.8 Å². The number of Topliss-reactive ketones (excluding diaryl/α,β-unsaturated/α-hetero) is 1. The smallest absolute Gasteiger partial charge is 0.408 e. The predicted molar refractivity (Wildman–Crippen MR) is 82.4 cm³/mol. The van der Waals surface area contributed by atoms with Gasteiger partial charge in [0.1, 0.15) is 0 Å². The van der Waals surface area contributed by atoms with Crippen molar-refractivity contribution < 1.29 is 9.21 Å². The van der Waals surface area contributed by atoms with E-state index in [1.54, 1.807) is 18.2 Å². The second kappa shape index (κ2) is 6.43. The summed E-state index contributed by atoms with van der Waals surface area (Å²) in [5.74, 6) is -0.441. The molecule has 0 atom stereocenters. The molecule has 114 valence electrons. The summed E-state index contributed by atoms with van der Waals surface area (Å²) >= 11 is 0. The Kier molecular flexibility index (Phi) is 4.82. The van der Waals surface area contributed by atoms with E-state index in [0.717, 1.165) is 26.2 Å². The number of halogens is 1. The Bertz CT molecular complexity index is 686. The Labute approximate surface area is 128 Å². The van der Waals surface area contributed by atoms with E-state index in [1.807, 2.05) is 0 Å². The Hall–Kier alpha value is -1.63. The van der Waals surface area contributed by atoms with E-state index < -0.39 is 5.76 Å². The number of fused-ring (bicyclic) bond motifs is 1. The number of hydrogen-bond donors (Lipinski definition) is 1. The SMILES string of the molecule is CN1CCN(CC(=O)c2ccc3[nH]c(=O)oc3c2)CC1.Cl. The summed E-state index contributed by atoms with van der Waals surface area (Å²) in [7, 11) is 2.08. The molecule has 6 nitrogen and oxygen atoms in total. The third kappa shape index (κ3) is 3.53. The third-order valence-electron chi connectivity index (χ3n) is 3.71. The van der Waals surface area contributed by atoms with Crippen LogP contribution in [0.15, 0.2) is 27.4 Å². The minimum atomic E-state index is -0.497. The summed E-state index contributed by atoms with van der Waals surface area (Å²) in [6.45, 7) is 4.19. The molecule has 1 N–H and O–H groups in total. The predicted octanol–water partition coefficient (Wildman–Crippen LogP) is 0.973. The third-order valence-corrected chi connectivity index (χ3v) is 3.71. The van der Waals surface area contributed by atoms with Gasteiger partial charge in [0.15, 0.2) is 11.4 Å². The van der Waals surface area contributed by atoms with Gasteiger partial charge in [-0.15, -0.1) is 12.4 Å². The van der Waals surface area contributed by atoms with Crippen LogP contribution >= 0.6 is 12.4 Å². The standard InChI is InChI=1S/C14H17N3O3.ClH/c1-16-4-6-17(7-5-16)9-12(18)10-2-3-11-13(8-10)20-14(19)15-11;/h2-3,8H,4-7,9H2,1H3,(H,15,19);1H. The molecule has 0 bridgehead atoms. The van der Waals surface area contributed by atoms with Gasteiger partial charge in [0.2, 0.25) is 0 Å². The van der Waals surface area contributed by atoms with E-state index >= 15 is 0 Å². The number of aromatic amines is 1. The van der Waals surface area contributed by atoms with E-state index in [9.17, 15) is 9.59 Å². The normalized spacial score (nSPS) is 16.8. The zero-order chi connectivity index (χ0) is 14.1. The lowest BCUT2D eigenvalue weighted by Crippen LogP contribution is -2.46. The molecule has 0 radical (unpaired) electrons. The summed E-state index contributed by atoms with van der Waals surface area (Å²) in [5.41, 5.74) is 1.63. The van der Waals surface area contributed by atoms with E-state index in [4.69, 9.17) is 4.42 Å². The molecule has 0 saturated carbocycles. The number of H-pyrrole nitrogens is 1. The molecule has 7 heteroatoms. The van der Waals surface area contributed by atoms with Crippen molar-refractivity contribution in [1.82, 2.24) is 14.8 Å². The lowest BCUT2D eigenvalue weighted by molar-refractivity contribution is 0.0876. The number of nitrogens with zero attached hydrogens (tertiary/aromatic N) is 2. The van der Waals surface area contributed by atoms with E-state index in [0.29, 0.717) is 23.2 Å². The fraction of sp³-hybridized carbons (Fsp3) is 0.429. The van der Waals surface area contributed by atoms with Gasteiger partial charge in [-0.05, 0) is 25.2 Å². The molecule has 3 rings (SSSR count). The van der Waals surface area contributed by atoms with Crippen LogP contribution in [0, 0.1) is 0 Å². The quantitative estimate of drug-likeness (QED) is 0.856. The summed E-state index contributed by atoms with van der Waals surface area (Å²) < 4.78 is 4.98. The Morgan fingerprint density at radius 3 is 2.71 bits per heavy atom. The first-order valence-corrected chi connectivity index (χ1v) is 6.69. The van der Waals surface area contributed by atoms with Gasteiger partial charge in [-0.2, -0.15) is 0 Å². The molecule has 1 aliphatic heterocycles. The van der Waals surface area contributed by atoms with Crippen molar-refractivity contribution >= 4 is 29.3 Å². The van der Waals surface area contributed by atoms with Gasteiger partial charge in [-0.25, -0.2) is 4.79 Å². The lowest BCUT2D eigenvalue weighted by atomic mass is 10.1. The number of rotatable bonds is 3. The molecule has 1 aromatic heterocycles. The molecule has 1 aliphatic rings. The highest BCUT2D eigenvalue weighted by Crippen LogP contribution is 2.13. The summed E-state index contributed by atoms with van der Waals surface area (Å²) in [5, 5.41) is 0. The van der Waals surface area contributed by atoms with Crippen molar-refractivity contribution in [3.05, 3.63) is 34.3 Å². The number of carbonyl (C=O) groups is 1. The van der Waals surface area contributed by atoms with Crippen LogP contribution in [-0.2, 0) is 0 Å². The first-order chi connectivity index (χ1) is 9.61. The Morgan fingerprint density at radius 2 is 2.00 bits per heavy atom. The molecule has 1 aromatic carbocycles. The Morgan fingerprint density at radius 1 is 1.29 bits per heavy atom.